The molecule has 1 N–H and O–H groups in total. The molecular formula is C22H24N4O4S2. The molecule has 32 heavy (non-hydrogen) atoms. The van der Waals surface area contributed by atoms with Crippen molar-refractivity contribution in [2.45, 2.75) is 17.3 Å². The van der Waals surface area contributed by atoms with E-state index in [9.17, 15) is 4.79 Å². The standard InChI is InChI=1S/C22H24N4O4S2/c1-28-17-6-4-5-16(11-17)23-21-24-25-22(32-21)31-13-20(27)26-8-7-14-9-18(29-2)19(30-3)10-15(14)12-26/h4-6,9-11H,7-8,12-13H2,1-3H3,(H,23,24). The van der Waals surface area contributed by atoms with E-state index < -0.39 is 0 Å². The number of carbonyl (C=O) groups excluding carboxylic acids is 1. The van der Waals surface area contributed by atoms with Gasteiger partial charge in [0, 0.05) is 24.8 Å². The van der Waals surface area contributed by atoms with Crippen LogP contribution in [0.4, 0.5) is 10.8 Å². The first kappa shape index (κ1) is 22.2. The number of rotatable bonds is 8. The number of thioether (sulfide) groups is 1. The molecule has 2 heterocycles. The van der Waals surface area contributed by atoms with Crippen LogP contribution in [0.2, 0.25) is 0 Å². The summed E-state index contributed by atoms with van der Waals surface area (Å²) in [6, 6.07) is 11.6. The maximum atomic E-state index is 12.8. The number of aromatic nitrogens is 2. The minimum atomic E-state index is 0.0768. The van der Waals surface area contributed by atoms with Gasteiger partial charge in [-0.25, -0.2) is 0 Å². The summed E-state index contributed by atoms with van der Waals surface area (Å²) < 4.78 is 16.8. The van der Waals surface area contributed by atoms with Gasteiger partial charge in [-0.1, -0.05) is 29.2 Å². The highest BCUT2D eigenvalue weighted by Gasteiger charge is 2.23. The van der Waals surface area contributed by atoms with Crippen molar-refractivity contribution in [2.75, 3.05) is 38.9 Å². The van der Waals surface area contributed by atoms with Crippen LogP contribution in [-0.2, 0) is 17.8 Å². The molecule has 1 aliphatic rings. The molecule has 0 saturated carbocycles. The second kappa shape index (κ2) is 10.1. The first-order valence-electron chi connectivity index (χ1n) is 9.98. The fourth-order valence-corrected chi connectivity index (χ4v) is 5.13. The third kappa shape index (κ3) is 5.08. The summed E-state index contributed by atoms with van der Waals surface area (Å²) in [5, 5.41) is 12.2. The lowest BCUT2D eigenvalue weighted by molar-refractivity contribution is -0.129. The number of ether oxygens (including phenoxy) is 3. The van der Waals surface area contributed by atoms with E-state index in [0.29, 0.717) is 29.7 Å². The van der Waals surface area contributed by atoms with Crippen molar-refractivity contribution < 1.29 is 19.0 Å². The summed E-state index contributed by atoms with van der Waals surface area (Å²) in [4.78, 5) is 14.7. The molecule has 1 aliphatic heterocycles. The summed E-state index contributed by atoms with van der Waals surface area (Å²) in [5.41, 5.74) is 3.15. The third-order valence-electron chi connectivity index (χ3n) is 5.12. The molecule has 0 atom stereocenters. The van der Waals surface area contributed by atoms with E-state index in [2.05, 4.69) is 15.5 Å². The Morgan fingerprint density at radius 3 is 2.62 bits per heavy atom. The number of carbonyl (C=O) groups is 1. The van der Waals surface area contributed by atoms with Crippen molar-refractivity contribution in [2.24, 2.45) is 0 Å². The highest BCUT2D eigenvalue weighted by molar-refractivity contribution is 8.01. The molecule has 0 aliphatic carbocycles. The van der Waals surface area contributed by atoms with Crippen LogP contribution in [0.5, 0.6) is 17.2 Å². The zero-order valence-corrected chi connectivity index (χ0v) is 19.7. The lowest BCUT2D eigenvalue weighted by Crippen LogP contribution is -2.37. The van der Waals surface area contributed by atoms with E-state index >= 15 is 0 Å². The Bertz CT molecular complexity index is 1110. The first-order valence-corrected chi connectivity index (χ1v) is 11.8. The smallest absolute Gasteiger partial charge is 0.233 e. The average molecular weight is 473 g/mol. The number of hydrogen-bond acceptors (Lipinski definition) is 9. The molecule has 10 heteroatoms. The molecule has 4 rings (SSSR count). The molecule has 0 radical (unpaired) electrons. The van der Waals surface area contributed by atoms with Gasteiger partial charge < -0.3 is 24.4 Å². The van der Waals surface area contributed by atoms with Gasteiger partial charge >= 0.3 is 0 Å². The summed E-state index contributed by atoms with van der Waals surface area (Å²) in [6.45, 7) is 1.24. The highest BCUT2D eigenvalue weighted by Crippen LogP contribution is 2.34. The van der Waals surface area contributed by atoms with Gasteiger partial charge in [-0.2, -0.15) is 0 Å². The molecule has 0 unspecified atom stereocenters. The predicted molar refractivity (Wildman–Crippen MR) is 126 cm³/mol. The summed E-state index contributed by atoms with van der Waals surface area (Å²) >= 11 is 2.82. The molecule has 1 amide bonds. The lowest BCUT2D eigenvalue weighted by atomic mass is 9.99. The lowest BCUT2D eigenvalue weighted by Gasteiger charge is -2.29. The SMILES string of the molecule is COc1cccc(Nc2nnc(SCC(=O)N3CCc4cc(OC)c(OC)cc4C3)s2)c1. The predicted octanol–water partition coefficient (Wildman–Crippen LogP) is 3.98. The Labute approximate surface area is 194 Å². The van der Waals surface area contributed by atoms with E-state index in [0.717, 1.165) is 33.5 Å². The molecule has 0 fully saturated rings. The Kier molecular flexibility index (Phi) is 7.01. The number of fused-ring (bicyclic) bond motifs is 1. The minimum Gasteiger partial charge on any atom is -0.497 e. The fourth-order valence-electron chi connectivity index (χ4n) is 3.45. The Balaban J connectivity index is 1.33. The summed E-state index contributed by atoms with van der Waals surface area (Å²) in [6.07, 6.45) is 0.791. The summed E-state index contributed by atoms with van der Waals surface area (Å²) in [7, 11) is 4.88. The fraction of sp³-hybridized carbons (Fsp3) is 0.318. The molecule has 1 aromatic heterocycles. The van der Waals surface area contributed by atoms with Gasteiger partial charge in [-0.3, -0.25) is 4.79 Å². The Morgan fingerprint density at radius 1 is 1.09 bits per heavy atom. The molecule has 2 aromatic carbocycles. The van der Waals surface area contributed by atoms with E-state index in [-0.39, 0.29) is 5.91 Å². The quantitative estimate of drug-likeness (QED) is 0.493. The maximum absolute atomic E-state index is 12.8. The van der Waals surface area contributed by atoms with Crippen LogP contribution >= 0.6 is 23.1 Å². The van der Waals surface area contributed by atoms with Gasteiger partial charge in [-0.05, 0) is 41.8 Å². The zero-order valence-electron chi connectivity index (χ0n) is 18.1. The number of nitrogens with zero attached hydrogens (tertiary/aromatic N) is 3. The van der Waals surface area contributed by atoms with E-state index in [1.54, 1.807) is 21.3 Å². The van der Waals surface area contributed by atoms with Gasteiger partial charge in [0.2, 0.25) is 11.0 Å². The van der Waals surface area contributed by atoms with E-state index in [1.165, 1.54) is 28.7 Å². The Morgan fingerprint density at radius 2 is 1.88 bits per heavy atom. The van der Waals surface area contributed by atoms with Crippen LogP contribution in [0.25, 0.3) is 0 Å². The van der Waals surface area contributed by atoms with Crippen molar-refractivity contribution >= 4 is 39.8 Å². The third-order valence-corrected chi connectivity index (χ3v) is 7.07. The Hall–Kier alpha value is -2.98. The molecule has 168 valence electrons. The number of amides is 1. The van der Waals surface area contributed by atoms with Gasteiger partial charge in [0.25, 0.3) is 0 Å². The normalized spacial score (nSPS) is 12.8. The minimum absolute atomic E-state index is 0.0768. The largest absolute Gasteiger partial charge is 0.497 e. The van der Waals surface area contributed by atoms with Crippen LogP contribution in [0.1, 0.15) is 11.1 Å². The molecule has 3 aromatic rings. The van der Waals surface area contributed by atoms with Crippen molar-refractivity contribution in [1.82, 2.24) is 15.1 Å². The topological polar surface area (TPSA) is 85.8 Å². The van der Waals surface area contributed by atoms with Crippen molar-refractivity contribution in [3.63, 3.8) is 0 Å². The van der Waals surface area contributed by atoms with Crippen molar-refractivity contribution in [3.8, 4) is 17.2 Å². The molecule has 0 spiro atoms. The van der Waals surface area contributed by atoms with Crippen LogP contribution in [0, 0.1) is 0 Å². The van der Waals surface area contributed by atoms with Crippen molar-refractivity contribution in [1.29, 1.82) is 0 Å². The van der Waals surface area contributed by atoms with Crippen LogP contribution < -0.4 is 19.5 Å². The second-order valence-corrected chi connectivity index (χ2v) is 9.26. The maximum Gasteiger partial charge on any atom is 0.233 e. The molecule has 0 saturated heterocycles. The molecule has 0 bridgehead atoms. The summed E-state index contributed by atoms with van der Waals surface area (Å²) in [5.74, 6) is 2.55. The second-order valence-electron chi connectivity index (χ2n) is 7.06. The van der Waals surface area contributed by atoms with Gasteiger partial charge in [0.1, 0.15) is 5.75 Å². The molecular weight excluding hydrogens is 448 g/mol. The van der Waals surface area contributed by atoms with Gasteiger partial charge in [0.15, 0.2) is 15.8 Å². The molecule has 8 nitrogen and oxygen atoms in total. The number of methoxy groups -OCH3 is 3. The zero-order chi connectivity index (χ0) is 22.5. The van der Waals surface area contributed by atoms with Gasteiger partial charge in [-0.15, -0.1) is 10.2 Å². The monoisotopic (exact) mass is 472 g/mol. The van der Waals surface area contributed by atoms with Crippen LogP contribution in [-0.4, -0.2) is 54.6 Å². The van der Waals surface area contributed by atoms with Crippen LogP contribution in [0.15, 0.2) is 40.7 Å². The van der Waals surface area contributed by atoms with Gasteiger partial charge in [0.05, 0.1) is 27.1 Å². The number of nitrogens with one attached hydrogen (secondary N) is 1. The van der Waals surface area contributed by atoms with Crippen LogP contribution in [0.3, 0.4) is 0 Å². The number of anilines is 2. The number of hydrogen-bond donors (Lipinski definition) is 1. The average Bonchev–Trinajstić information content (AvgIpc) is 3.28. The first-order chi connectivity index (χ1) is 15.6. The number of benzene rings is 2. The van der Waals surface area contributed by atoms with Crippen molar-refractivity contribution in [3.05, 3.63) is 47.5 Å². The highest BCUT2D eigenvalue weighted by atomic mass is 32.2. The van der Waals surface area contributed by atoms with E-state index in [1.807, 2.05) is 41.3 Å². The van der Waals surface area contributed by atoms with E-state index in [4.69, 9.17) is 14.2 Å².